The Kier molecular flexibility index (Phi) is 4.23. The smallest absolute Gasteiger partial charge is 0.159 e. The fraction of sp³-hybridized carbons (Fsp3) is 0.278. The maximum absolute atomic E-state index is 13.3. The molecule has 1 aliphatic carbocycles. The van der Waals surface area contributed by atoms with E-state index in [2.05, 4.69) is 20.6 Å². The molecule has 0 bridgehead atoms. The first-order valence-electron chi connectivity index (χ1n) is 8.15. The largest absolute Gasteiger partial charge is 0.308 e. The van der Waals surface area contributed by atoms with Gasteiger partial charge in [0, 0.05) is 30.9 Å². The molecule has 4 rings (SSSR count). The van der Waals surface area contributed by atoms with Crippen molar-refractivity contribution in [1.29, 1.82) is 0 Å². The average molecular weight is 341 g/mol. The predicted molar refractivity (Wildman–Crippen MR) is 87.7 cm³/mol. The summed E-state index contributed by atoms with van der Waals surface area (Å²) in [6, 6.07) is 8.25. The number of halogens is 2. The van der Waals surface area contributed by atoms with E-state index in [1.807, 2.05) is 18.3 Å². The fourth-order valence-corrected chi connectivity index (χ4v) is 2.94. The zero-order chi connectivity index (χ0) is 17.2. The fourth-order valence-electron chi connectivity index (χ4n) is 2.94. The van der Waals surface area contributed by atoms with Crippen LogP contribution in [-0.4, -0.2) is 26.0 Å². The Hall–Kier alpha value is -2.67. The quantitative estimate of drug-likeness (QED) is 0.749. The van der Waals surface area contributed by atoms with Crippen LogP contribution in [0, 0.1) is 11.6 Å². The number of nitrogens with zero attached hydrogens (tertiary/aromatic N) is 4. The molecule has 1 aromatic carbocycles. The van der Waals surface area contributed by atoms with Gasteiger partial charge >= 0.3 is 0 Å². The molecule has 0 unspecified atom stereocenters. The number of hydrogen-bond acceptors (Lipinski definition) is 4. The Morgan fingerprint density at radius 1 is 1.20 bits per heavy atom. The van der Waals surface area contributed by atoms with Gasteiger partial charge in [0.05, 0.1) is 18.4 Å². The van der Waals surface area contributed by atoms with Crippen molar-refractivity contribution in [2.24, 2.45) is 0 Å². The van der Waals surface area contributed by atoms with E-state index in [1.165, 1.54) is 12.1 Å². The van der Waals surface area contributed by atoms with Crippen molar-refractivity contribution in [3.63, 3.8) is 0 Å². The molecule has 0 radical (unpaired) electrons. The first-order chi connectivity index (χ1) is 12.2. The zero-order valence-electron chi connectivity index (χ0n) is 13.4. The molecular weight excluding hydrogens is 324 g/mol. The normalized spacial score (nSPS) is 19.1. The maximum atomic E-state index is 13.3. The second kappa shape index (κ2) is 6.68. The van der Waals surface area contributed by atoms with Crippen LogP contribution in [0.4, 0.5) is 8.78 Å². The van der Waals surface area contributed by atoms with Crippen LogP contribution < -0.4 is 5.32 Å². The van der Waals surface area contributed by atoms with E-state index in [1.54, 1.807) is 23.1 Å². The standard InChI is InChI=1S/C18H17F2N5/c19-16-4-3-13(6-17(16)20)15-7-18(15)22-9-14-11-25(24-23-14)10-12-2-1-5-21-8-12/h1-6,8,11,15,18,22H,7,9-10H2/t15-,18+/m0/s1. The van der Waals surface area contributed by atoms with Gasteiger partial charge in [0.2, 0.25) is 0 Å². The molecule has 0 aliphatic heterocycles. The van der Waals surface area contributed by atoms with Gasteiger partial charge in [0.1, 0.15) is 0 Å². The van der Waals surface area contributed by atoms with Gasteiger partial charge in [-0.3, -0.25) is 4.98 Å². The van der Waals surface area contributed by atoms with E-state index in [4.69, 9.17) is 0 Å². The number of rotatable bonds is 6. The molecule has 1 N–H and O–H groups in total. The topological polar surface area (TPSA) is 55.6 Å². The summed E-state index contributed by atoms with van der Waals surface area (Å²) < 4.78 is 28.1. The van der Waals surface area contributed by atoms with Crippen molar-refractivity contribution >= 4 is 0 Å². The molecule has 5 nitrogen and oxygen atoms in total. The van der Waals surface area contributed by atoms with Crippen LogP contribution in [0.3, 0.4) is 0 Å². The molecule has 128 valence electrons. The first-order valence-corrected chi connectivity index (χ1v) is 8.15. The van der Waals surface area contributed by atoms with Crippen molar-refractivity contribution < 1.29 is 8.78 Å². The van der Waals surface area contributed by atoms with E-state index < -0.39 is 11.6 Å². The van der Waals surface area contributed by atoms with Gasteiger partial charge in [-0.25, -0.2) is 13.5 Å². The lowest BCUT2D eigenvalue weighted by atomic mass is 10.1. The number of benzene rings is 1. The Morgan fingerprint density at radius 2 is 2.12 bits per heavy atom. The van der Waals surface area contributed by atoms with Gasteiger partial charge in [-0.2, -0.15) is 0 Å². The van der Waals surface area contributed by atoms with Crippen molar-refractivity contribution in [2.75, 3.05) is 0 Å². The van der Waals surface area contributed by atoms with Crippen molar-refractivity contribution in [3.05, 3.63) is 77.4 Å². The molecule has 2 aromatic heterocycles. The lowest BCUT2D eigenvalue weighted by Gasteiger charge is -2.03. The molecule has 2 heterocycles. The van der Waals surface area contributed by atoms with Crippen LogP contribution in [-0.2, 0) is 13.1 Å². The molecule has 0 spiro atoms. The highest BCUT2D eigenvalue weighted by Gasteiger charge is 2.38. The third-order valence-electron chi connectivity index (χ3n) is 4.36. The molecule has 25 heavy (non-hydrogen) atoms. The van der Waals surface area contributed by atoms with Crippen LogP contribution in [0.1, 0.15) is 29.2 Å². The number of pyridine rings is 1. The van der Waals surface area contributed by atoms with Crippen LogP contribution in [0.25, 0.3) is 0 Å². The number of nitrogens with one attached hydrogen (secondary N) is 1. The molecule has 1 fully saturated rings. The summed E-state index contributed by atoms with van der Waals surface area (Å²) in [6.07, 6.45) is 6.35. The third kappa shape index (κ3) is 3.71. The third-order valence-corrected chi connectivity index (χ3v) is 4.36. The average Bonchev–Trinajstić information content (AvgIpc) is 3.27. The minimum absolute atomic E-state index is 0.223. The Balaban J connectivity index is 1.30. The molecule has 0 amide bonds. The van der Waals surface area contributed by atoms with E-state index in [0.29, 0.717) is 13.1 Å². The summed E-state index contributed by atoms with van der Waals surface area (Å²) in [5, 5.41) is 11.7. The molecule has 2 atom stereocenters. The zero-order valence-corrected chi connectivity index (χ0v) is 13.4. The van der Waals surface area contributed by atoms with Gasteiger partial charge in [-0.1, -0.05) is 17.3 Å². The van der Waals surface area contributed by atoms with Crippen LogP contribution in [0.5, 0.6) is 0 Å². The first kappa shape index (κ1) is 15.8. The van der Waals surface area contributed by atoms with Crippen LogP contribution >= 0.6 is 0 Å². The summed E-state index contributed by atoms with van der Waals surface area (Å²) in [7, 11) is 0. The highest BCUT2D eigenvalue weighted by Crippen LogP contribution is 2.41. The summed E-state index contributed by atoms with van der Waals surface area (Å²) in [6.45, 7) is 1.22. The highest BCUT2D eigenvalue weighted by atomic mass is 19.2. The van der Waals surface area contributed by atoms with E-state index in [-0.39, 0.29) is 12.0 Å². The molecule has 7 heteroatoms. The van der Waals surface area contributed by atoms with Crippen LogP contribution in [0.15, 0.2) is 48.9 Å². The summed E-state index contributed by atoms with van der Waals surface area (Å²) in [4.78, 5) is 4.08. The summed E-state index contributed by atoms with van der Waals surface area (Å²) >= 11 is 0. The van der Waals surface area contributed by atoms with Crippen molar-refractivity contribution in [3.8, 4) is 0 Å². The van der Waals surface area contributed by atoms with E-state index in [0.717, 1.165) is 23.2 Å². The van der Waals surface area contributed by atoms with Crippen LogP contribution in [0.2, 0.25) is 0 Å². The second-order valence-corrected chi connectivity index (χ2v) is 6.27. The number of hydrogen-bond donors (Lipinski definition) is 1. The van der Waals surface area contributed by atoms with Crippen molar-refractivity contribution in [1.82, 2.24) is 25.3 Å². The van der Waals surface area contributed by atoms with Gasteiger partial charge in [0.25, 0.3) is 0 Å². The Bertz CT molecular complexity index is 865. The van der Waals surface area contributed by atoms with Gasteiger partial charge < -0.3 is 5.32 Å². The molecule has 1 aliphatic rings. The number of aromatic nitrogens is 4. The van der Waals surface area contributed by atoms with Gasteiger partial charge in [-0.15, -0.1) is 5.10 Å². The minimum Gasteiger partial charge on any atom is -0.308 e. The van der Waals surface area contributed by atoms with E-state index in [9.17, 15) is 8.78 Å². The Morgan fingerprint density at radius 3 is 2.92 bits per heavy atom. The molecular formula is C18H17F2N5. The molecule has 1 saturated carbocycles. The SMILES string of the molecule is Fc1ccc([C@@H]2C[C@H]2NCc2cn(Cc3cccnc3)nn2)cc1F. The second-order valence-electron chi connectivity index (χ2n) is 6.27. The van der Waals surface area contributed by atoms with Gasteiger partial charge in [0.15, 0.2) is 11.6 Å². The summed E-state index contributed by atoms with van der Waals surface area (Å²) in [5.41, 5.74) is 2.74. The lowest BCUT2D eigenvalue weighted by molar-refractivity contribution is 0.506. The molecule has 0 saturated heterocycles. The summed E-state index contributed by atoms with van der Waals surface area (Å²) in [5.74, 6) is -1.37. The lowest BCUT2D eigenvalue weighted by Crippen LogP contribution is -2.17. The van der Waals surface area contributed by atoms with Crippen molar-refractivity contribution in [2.45, 2.75) is 31.5 Å². The molecule has 3 aromatic rings. The monoisotopic (exact) mass is 341 g/mol. The minimum atomic E-state index is -0.806. The van der Waals surface area contributed by atoms with E-state index >= 15 is 0 Å². The predicted octanol–water partition coefficient (Wildman–Crippen LogP) is 2.65. The Labute approximate surface area is 143 Å². The maximum Gasteiger partial charge on any atom is 0.159 e. The highest BCUT2D eigenvalue weighted by molar-refractivity contribution is 5.29. The van der Waals surface area contributed by atoms with Gasteiger partial charge in [-0.05, 0) is 35.7 Å².